The third-order valence-electron chi connectivity index (χ3n) is 4.13. The van der Waals surface area contributed by atoms with Crippen molar-refractivity contribution in [2.75, 3.05) is 0 Å². The minimum absolute atomic E-state index is 0.133. The second kappa shape index (κ2) is 6.35. The Morgan fingerprint density at radius 1 is 1.12 bits per heavy atom. The van der Waals surface area contributed by atoms with E-state index in [9.17, 15) is 9.90 Å². The number of hydrogen-bond acceptors (Lipinski definition) is 3. The van der Waals surface area contributed by atoms with Crippen molar-refractivity contribution in [3.05, 3.63) is 58.9 Å². The summed E-state index contributed by atoms with van der Waals surface area (Å²) in [6.45, 7) is 6.14. The Hall–Kier alpha value is -2.82. The number of aliphatic carboxylic acids is 1. The maximum atomic E-state index is 11.2. The highest BCUT2D eigenvalue weighted by Gasteiger charge is 2.15. The summed E-state index contributed by atoms with van der Waals surface area (Å²) in [6, 6.07) is 11.7. The molecule has 1 N–H and O–H groups in total. The molecule has 0 bridgehead atoms. The zero-order chi connectivity index (χ0) is 17.3. The van der Waals surface area contributed by atoms with E-state index in [0.717, 1.165) is 33.5 Å². The van der Waals surface area contributed by atoms with E-state index in [0.29, 0.717) is 5.82 Å². The van der Waals surface area contributed by atoms with Gasteiger partial charge in [0.1, 0.15) is 24.7 Å². The summed E-state index contributed by atoms with van der Waals surface area (Å²) in [4.78, 5) is 15.8. The summed E-state index contributed by atoms with van der Waals surface area (Å²) < 4.78 is 7.49. The number of nitrogens with zero attached hydrogens (tertiary/aromatic N) is 2. The highest BCUT2D eigenvalue weighted by molar-refractivity contribution is 5.80. The fourth-order valence-electron chi connectivity index (χ4n) is 2.63. The summed E-state index contributed by atoms with van der Waals surface area (Å²) in [5, 5.41) is 9.22. The van der Waals surface area contributed by atoms with E-state index in [2.05, 4.69) is 4.98 Å². The minimum Gasteiger partial charge on any atom is -0.486 e. The molecule has 1 heterocycles. The number of hydrogen-bond donors (Lipinski definition) is 1. The summed E-state index contributed by atoms with van der Waals surface area (Å²) >= 11 is 0. The Morgan fingerprint density at radius 3 is 2.46 bits per heavy atom. The van der Waals surface area contributed by atoms with Gasteiger partial charge in [-0.3, -0.25) is 4.79 Å². The molecule has 24 heavy (non-hydrogen) atoms. The molecular weight excluding hydrogens is 304 g/mol. The third kappa shape index (κ3) is 3.25. The van der Waals surface area contributed by atoms with E-state index < -0.39 is 5.97 Å². The smallest absolute Gasteiger partial charge is 0.323 e. The molecule has 0 unspecified atom stereocenters. The maximum Gasteiger partial charge on any atom is 0.323 e. The molecule has 0 aliphatic heterocycles. The zero-order valence-corrected chi connectivity index (χ0v) is 14.0. The van der Waals surface area contributed by atoms with Gasteiger partial charge in [0.2, 0.25) is 0 Å². The average Bonchev–Trinajstić information content (AvgIpc) is 2.84. The molecule has 0 spiro atoms. The quantitative estimate of drug-likeness (QED) is 0.778. The van der Waals surface area contributed by atoms with Gasteiger partial charge in [0.15, 0.2) is 0 Å². The number of aryl methyl sites for hydroxylation is 3. The summed E-state index contributed by atoms with van der Waals surface area (Å²) in [5.74, 6) is 0.448. The lowest BCUT2D eigenvalue weighted by molar-refractivity contribution is -0.137. The van der Waals surface area contributed by atoms with Crippen LogP contribution >= 0.6 is 0 Å². The van der Waals surface area contributed by atoms with E-state index in [1.165, 1.54) is 0 Å². The number of aromatic nitrogens is 2. The first-order chi connectivity index (χ1) is 11.4. The van der Waals surface area contributed by atoms with Gasteiger partial charge >= 0.3 is 5.97 Å². The molecule has 3 rings (SSSR count). The van der Waals surface area contributed by atoms with Crippen LogP contribution in [0.2, 0.25) is 0 Å². The first-order valence-corrected chi connectivity index (χ1v) is 7.81. The van der Waals surface area contributed by atoms with Crippen molar-refractivity contribution in [1.29, 1.82) is 0 Å². The van der Waals surface area contributed by atoms with Gasteiger partial charge in [-0.1, -0.05) is 17.7 Å². The normalized spacial score (nSPS) is 11.0. The van der Waals surface area contributed by atoms with Crippen molar-refractivity contribution in [3.63, 3.8) is 0 Å². The summed E-state index contributed by atoms with van der Waals surface area (Å²) in [5.41, 5.74) is 5.02. The van der Waals surface area contributed by atoms with Gasteiger partial charge in [0, 0.05) is 0 Å². The molecule has 124 valence electrons. The molecule has 0 aliphatic rings. The minimum atomic E-state index is -0.899. The van der Waals surface area contributed by atoms with Crippen LogP contribution in [0, 0.1) is 20.8 Å². The highest BCUT2D eigenvalue weighted by Crippen LogP contribution is 2.22. The van der Waals surface area contributed by atoms with E-state index in [1.807, 2.05) is 57.2 Å². The van der Waals surface area contributed by atoms with E-state index in [-0.39, 0.29) is 13.2 Å². The molecule has 0 atom stereocenters. The van der Waals surface area contributed by atoms with Crippen molar-refractivity contribution in [2.24, 2.45) is 0 Å². The number of benzene rings is 2. The SMILES string of the molecule is Cc1ccc(OCc2nc3cc(C)c(C)cc3n2CC(=O)O)cc1. The van der Waals surface area contributed by atoms with Gasteiger partial charge in [-0.05, 0) is 56.2 Å². The summed E-state index contributed by atoms with van der Waals surface area (Å²) in [7, 11) is 0. The van der Waals surface area contributed by atoms with Crippen molar-refractivity contribution < 1.29 is 14.6 Å². The Morgan fingerprint density at radius 2 is 1.79 bits per heavy atom. The topological polar surface area (TPSA) is 64.4 Å². The summed E-state index contributed by atoms with van der Waals surface area (Å²) in [6.07, 6.45) is 0. The van der Waals surface area contributed by atoms with Crippen molar-refractivity contribution in [3.8, 4) is 5.75 Å². The first-order valence-electron chi connectivity index (χ1n) is 7.81. The molecule has 0 aliphatic carbocycles. The van der Waals surface area contributed by atoms with Crippen molar-refractivity contribution >= 4 is 17.0 Å². The Labute approximate surface area is 140 Å². The second-order valence-corrected chi connectivity index (χ2v) is 6.03. The molecule has 0 saturated carbocycles. The molecule has 0 amide bonds. The fourth-order valence-corrected chi connectivity index (χ4v) is 2.63. The Bertz CT molecular complexity index is 895. The second-order valence-electron chi connectivity index (χ2n) is 6.03. The molecule has 0 saturated heterocycles. The van der Waals surface area contributed by atoms with Gasteiger partial charge in [0.25, 0.3) is 0 Å². The van der Waals surface area contributed by atoms with Crippen molar-refractivity contribution in [2.45, 2.75) is 33.9 Å². The van der Waals surface area contributed by atoms with Crippen LogP contribution in [0.15, 0.2) is 36.4 Å². The fraction of sp³-hybridized carbons (Fsp3) is 0.263. The molecule has 0 radical (unpaired) electrons. The molecule has 5 heteroatoms. The highest BCUT2D eigenvalue weighted by atomic mass is 16.5. The maximum absolute atomic E-state index is 11.2. The van der Waals surface area contributed by atoms with E-state index >= 15 is 0 Å². The number of fused-ring (bicyclic) bond motifs is 1. The van der Waals surface area contributed by atoms with Crippen LogP contribution in [-0.2, 0) is 17.9 Å². The number of carboxylic acids is 1. The van der Waals surface area contributed by atoms with Crippen LogP contribution in [0.5, 0.6) is 5.75 Å². The zero-order valence-electron chi connectivity index (χ0n) is 14.0. The Kier molecular flexibility index (Phi) is 4.25. The predicted molar refractivity (Wildman–Crippen MR) is 92.4 cm³/mol. The average molecular weight is 324 g/mol. The number of carboxylic acid groups (broad SMARTS) is 1. The van der Waals surface area contributed by atoms with Crippen LogP contribution in [-0.4, -0.2) is 20.6 Å². The van der Waals surface area contributed by atoms with Gasteiger partial charge in [-0.2, -0.15) is 0 Å². The molecule has 1 aromatic heterocycles. The third-order valence-corrected chi connectivity index (χ3v) is 4.13. The standard InChI is InChI=1S/C19H20N2O3/c1-12-4-6-15(7-5-12)24-11-18-20-16-8-13(2)14(3)9-17(16)21(18)10-19(22)23/h4-9H,10-11H2,1-3H3,(H,22,23). The van der Waals surface area contributed by atoms with E-state index in [1.54, 1.807) is 4.57 Å². The van der Waals surface area contributed by atoms with Crippen LogP contribution in [0.25, 0.3) is 11.0 Å². The van der Waals surface area contributed by atoms with Crippen molar-refractivity contribution in [1.82, 2.24) is 9.55 Å². The number of rotatable bonds is 5. The lowest BCUT2D eigenvalue weighted by Gasteiger charge is -2.09. The lowest BCUT2D eigenvalue weighted by Crippen LogP contribution is -2.13. The molecule has 2 aromatic carbocycles. The predicted octanol–water partition coefficient (Wildman–Crippen LogP) is 3.63. The largest absolute Gasteiger partial charge is 0.486 e. The van der Waals surface area contributed by atoms with Gasteiger partial charge in [0.05, 0.1) is 11.0 Å². The lowest BCUT2D eigenvalue weighted by atomic mass is 10.1. The van der Waals surface area contributed by atoms with Crippen LogP contribution < -0.4 is 4.74 Å². The Balaban J connectivity index is 1.96. The molecule has 0 fully saturated rings. The van der Waals surface area contributed by atoms with Gasteiger partial charge in [-0.25, -0.2) is 4.98 Å². The molecule has 3 aromatic rings. The molecule has 5 nitrogen and oxygen atoms in total. The van der Waals surface area contributed by atoms with Gasteiger partial charge in [-0.15, -0.1) is 0 Å². The van der Waals surface area contributed by atoms with Crippen LogP contribution in [0.3, 0.4) is 0 Å². The van der Waals surface area contributed by atoms with Gasteiger partial charge < -0.3 is 14.4 Å². The first kappa shape index (κ1) is 16.1. The van der Waals surface area contributed by atoms with E-state index in [4.69, 9.17) is 4.74 Å². The monoisotopic (exact) mass is 324 g/mol. The van der Waals surface area contributed by atoms with Crippen LogP contribution in [0.1, 0.15) is 22.5 Å². The number of imidazole rings is 1. The molecular formula is C19H20N2O3. The number of ether oxygens (including phenoxy) is 1. The number of carbonyl (C=O) groups is 1. The van der Waals surface area contributed by atoms with Crippen LogP contribution in [0.4, 0.5) is 0 Å².